The van der Waals surface area contributed by atoms with Crippen molar-refractivity contribution in [1.82, 2.24) is 4.57 Å². The summed E-state index contributed by atoms with van der Waals surface area (Å²) in [5, 5.41) is 3.30. The molecule has 0 saturated heterocycles. The number of anilines is 3. The maximum atomic E-state index is 6.91. The molecule has 0 aliphatic rings. The van der Waals surface area contributed by atoms with E-state index in [9.17, 15) is 0 Å². The topological polar surface area (TPSA) is 21.3 Å². The Kier molecular flexibility index (Phi) is 7.87. The molecule has 0 N–H and O–H groups in total. The zero-order valence-electron chi connectivity index (χ0n) is 28.9. The van der Waals surface area contributed by atoms with E-state index >= 15 is 0 Å². The lowest BCUT2D eigenvalue weighted by Gasteiger charge is -2.27. The van der Waals surface area contributed by atoms with E-state index in [0.29, 0.717) is 0 Å². The van der Waals surface area contributed by atoms with Crippen molar-refractivity contribution in [3.05, 3.63) is 194 Å². The number of furan rings is 1. The number of allylic oxidation sites excluding steroid dienone is 1. The van der Waals surface area contributed by atoms with Crippen LogP contribution in [0.4, 0.5) is 17.1 Å². The minimum absolute atomic E-state index is 0.741. The van der Waals surface area contributed by atoms with Crippen LogP contribution < -0.4 is 4.90 Å². The Morgan fingerprint density at radius 3 is 1.65 bits per heavy atom. The van der Waals surface area contributed by atoms with E-state index in [1.165, 1.54) is 22.3 Å². The molecule has 0 saturated carbocycles. The van der Waals surface area contributed by atoms with E-state index < -0.39 is 0 Å². The molecule has 248 valence electrons. The predicted molar refractivity (Wildman–Crippen MR) is 221 cm³/mol. The number of aromatic nitrogens is 1. The van der Waals surface area contributed by atoms with Gasteiger partial charge >= 0.3 is 0 Å². The molecule has 3 heteroatoms. The van der Waals surface area contributed by atoms with E-state index in [0.717, 1.165) is 66.8 Å². The number of fused-ring (bicyclic) bond motifs is 5. The maximum absolute atomic E-state index is 6.91. The third kappa shape index (κ3) is 5.23. The average molecular weight is 669 g/mol. The summed E-state index contributed by atoms with van der Waals surface area (Å²) in [7, 11) is 0. The predicted octanol–water partition coefficient (Wildman–Crippen LogP) is 14.0. The molecular weight excluding hydrogens is 633 g/mol. The quantitative estimate of drug-likeness (QED) is 0.161. The number of para-hydroxylation sites is 2. The van der Waals surface area contributed by atoms with Crippen LogP contribution in [0.25, 0.3) is 72.9 Å². The van der Waals surface area contributed by atoms with Crippen molar-refractivity contribution in [1.29, 1.82) is 0 Å². The minimum Gasteiger partial charge on any atom is -0.454 e. The highest BCUT2D eigenvalue weighted by molar-refractivity contribution is 6.22. The van der Waals surface area contributed by atoms with Gasteiger partial charge in [0.05, 0.1) is 22.1 Å². The monoisotopic (exact) mass is 668 g/mol. The van der Waals surface area contributed by atoms with Crippen LogP contribution in [-0.4, -0.2) is 4.57 Å². The molecule has 0 radical (unpaired) electrons. The van der Waals surface area contributed by atoms with Gasteiger partial charge in [-0.25, -0.2) is 0 Å². The molecule has 2 heterocycles. The average Bonchev–Trinajstić information content (AvgIpc) is 3.75. The summed E-state index contributed by atoms with van der Waals surface area (Å²) in [6.45, 7) is 6.24. The van der Waals surface area contributed by atoms with Gasteiger partial charge in [0.2, 0.25) is 0 Å². The molecule has 0 unspecified atom stereocenters. The van der Waals surface area contributed by atoms with Gasteiger partial charge in [-0.2, -0.15) is 0 Å². The molecule has 0 spiro atoms. The van der Waals surface area contributed by atoms with Crippen LogP contribution in [0.15, 0.2) is 187 Å². The Hall–Kier alpha value is -6.84. The molecule has 3 nitrogen and oxygen atoms in total. The molecule has 0 fully saturated rings. The van der Waals surface area contributed by atoms with Crippen molar-refractivity contribution in [2.75, 3.05) is 4.90 Å². The zero-order valence-corrected chi connectivity index (χ0v) is 28.9. The van der Waals surface area contributed by atoms with Crippen LogP contribution in [0.3, 0.4) is 0 Å². The van der Waals surface area contributed by atoms with Crippen LogP contribution in [-0.2, 0) is 0 Å². The summed E-state index contributed by atoms with van der Waals surface area (Å²) in [6, 6.07) is 60.3. The Morgan fingerprint density at radius 2 is 1.10 bits per heavy atom. The molecule has 0 amide bonds. The summed E-state index contributed by atoms with van der Waals surface area (Å²) in [6.07, 6.45) is 6.04. The Labute approximate surface area is 303 Å². The molecule has 9 aromatic rings. The Bertz CT molecular complexity index is 2640. The van der Waals surface area contributed by atoms with Gasteiger partial charge in [-0.1, -0.05) is 140 Å². The largest absolute Gasteiger partial charge is 0.454 e. The highest BCUT2D eigenvalue weighted by atomic mass is 16.3. The first kappa shape index (κ1) is 31.2. The summed E-state index contributed by atoms with van der Waals surface area (Å²) in [4.78, 5) is 2.37. The van der Waals surface area contributed by atoms with Crippen molar-refractivity contribution in [2.24, 2.45) is 0 Å². The number of hydrogen-bond donors (Lipinski definition) is 0. The van der Waals surface area contributed by atoms with Crippen LogP contribution in [0.1, 0.15) is 18.2 Å². The summed E-state index contributed by atoms with van der Waals surface area (Å²) in [5.74, 6) is 0.741. The SMILES string of the molecule is C=Cc1oc2c(c(N(c3ccc(-c4ccccc4)cc3)c3ccc(-c4ccccc4)cc3)cc3c4ccccc4n(-c4ccccc4)c32)c1/C=C\C. The second-order valence-corrected chi connectivity index (χ2v) is 12.9. The van der Waals surface area contributed by atoms with Crippen molar-refractivity contribution in [3.63, 3.8) is 0 Å². The van der Waals surface area contributed by atoms with Crippen molar-refractivity contribution in [2.45, 2.75) is 6.92 Å². The number of hydrogen-bond acceptors (Lipinski definition) is 2. The summed E-state index contributed by atoms with van der Waals surface area (Å²) in [5.41, 5.74) is 12.9. The van der Waals surface area contributed by atoms with E-state index in [4.69, 9.17) is 4.42 Å². The van der Waals surface area contributed by atoms with Crippen molar-refractivity contribution >= 4 is 62.0 Å². The molecule has 2 aromatic heterocycles. The van der Waals surface area contributed by atoms with E-state index in [1.807, 2.05) is 13.0 Å². The molecule has 0 aliphatic heterocycles. The third-order valence-electron chi connectivity index (χ3n) is 9.88. The summed E-state index contributed by atoms with van der Waals surface area (Å²) >= 11 is 0. The first-order valence-electron chi connectivity index (χ1n) is 17.7. The van der Waals surface area contributed by atoms with Crippen LogP contribution >= 0.6 is 0 Å². The smallest absolute Gasteiger partial charge is 0.162 e. The fourth-order valence-electron chi connectivity index (χ4n) is 7.53. The van der Waals surface area contributed by atoms with Crippen molar-refractivity contribution < 1.29 is 4.42 Å². The van der Waals surface area contributed by atoms with Crippen molar-refractivity contribution in [3.8, 4) is 27.9 Å². The van der Waals surface area contributed by atoms with E-state index in [1.54, 1.807) is 0 Å². The highest BCUT2D eigenvalue weighted by Gasteiger charge is 2.27. The maximum Gasteiger partial charge on any atom is 0.162 e. The first-order valence-corrected chi connectivity index (χ1v) is 17.7. The van der Waals surface area contributed by atoms with Gasteiger partial charge in [-0.05, 0) is 83.8 Å². The number of nitrogens with zero attached hydrogens (tertiary/aromatic N) is 2. The normalized spacial score (nSPS) is 11.6. The Morgan fingerprint density at radius 1 is 0.577 bits per heavy atom. The van der Waals surface area contributed by atoms with Gasteiger partial charge in [-0.15, -0.1) is 0 Å². The Balaban J connectivity index is 1.37. The van der Waals surface area contributed by atoms with E-state index in [2.05, 4.69) is 198 Å². The molecule has 0 aliphatic carbocycles. The zero-order chi connectivity index (χ0) is 35.0. The molecule has 7 aromatic carbocycles. The third-order valence-corrected chi connectivity index (χ3v) is 9.88. The summed E-state index contributed by atoms with van der Waals surface area (Å²) < 4.78 is 9.24. The molecule has 9 rings (SSSR count). The second kappa shape index (κ2) is 13.1. The van der Waals surface area contributed by atoms with Gasteiger partial charge in [0.25, 0.3) is 0 Å². The molecule has 0 atom stereocenters. The van der Waals surface area contributed by atoms with Crippen LogP contribution in [0.5, 0.6) is 0 Å². The highest BCUT2D eigenvalue weighted by Crippen LogP contribution is 2.48. The lowest BCUT2D eigenvalue weighted by molar-refractivity contribution is 0.605. The van der Waals surface area contributed by atoms with Gasteiger partial charge in [0.1, 0.15) is 5.76 Å². The second-order valence-electron chi connectivity index (χ2n) is 12.9. The van der Waals surface area contributed by atoms with Gasteiger partial charge < -0.3 is 13.9 Å². The van der Waals surface area contributed by atoms with Crippen LogP contribution in [0, 0.1) is 0 Å². The number of rotatable bonds is 8. The van der Waals surface area contributed by atoms with E-state index in [-0.39, 0.29) is 0 Å². The molecule has 0 bridgehead atoms. The number of benzene rings is 7. The fourth-order valence-corrected chi connectivity index (χ4v) is 7.53. The van der Waals surface area contributed by atoms with Gasteiger partial charge in [-0.3, -0.25) is 0 Å². The molecule has 52 heavy (non-hydrogen) atoms. The lowest BCUT2D eigenvalue weighted by Crippen LogP contribution is -2.11. The lowest BCUT2D eigenvalue weighted by atomic mass is 10.0. The molecular formula is C49H36N2O. The minimum atomic E-state index is 0.741. The van der Waals surface area contributed by atoms with Crippen LogP contribution in [0.2, 0.25) is 0 Å². The fraction of sp³-hybridized carbons (Fsp3) is 0.0204. The first-order chi connectivity index (χ1) is 25.7. The standard InChI is InChI=1S/C49H36N2O/c1-3-16-42-46(4-2)52-49-47(42)45(33-43-41-23-14-15-24-44(41)51(48(43)49)38-21-12-7-13-22-38)50(39-29-25-36(26-30-39)34-17-8-5-9-18-34)40-31-27-37(28-32-40)35-19-10-6-11-20-35/h3-33H,2H2,1H3/b16-3-. The van der Waals surface area contributed by atoms with Gasteiger partial charge in [0, 0.05) is 33.4 Å². The van der Waals surface area contributed by atoms with Gasteiger partial charge in [0.15, 0.2) is 5.58 Å².